The number of carbonyl (C=O) groups is 1. The van der Waals surface area contributed by atoms with E-state index in [1.165, 1.54) is 0 Å². The molecular formula is C16H23N3O2. The molecule has 0 spiro atoms. The maximum Gasteiger partial charge on any atom is 0.248 e. The van der Waals surface area contributed by atoms with Gasteiger partial charge >= 0.3 is 0 Å². The Bertz CT molecular complexity index is 552. The normalized spacial score (nSPS) is 28.8. The molecule has 1 saturated carbocycles. The van der Waals surface area contributed by atoms with Crippen LogP contribution in [0.1, 0.15) is 34.3 Å². The lowest BCUT2D eigenvalue weighted by atomic mass is 9.70. The number of primary amides is 1. The maximum atomic E-state index is 11.5. The van der Waals surface area contributed by atoms with Crippen LogP contribution in [0.4, 0.5) is 0 Å². The molecule has 0 bridgehead atoms. The number of aliphatic hydroxyl groups is 1. The number of nitrogens with two attached hydrogens (primary N) is 2. The first-order valence-corrected chi connectivity index (χ1v) is 7.56. The number of amides is 1. The van der Waals surface area contributed by atoms with Crippen molar-refractivity contribution in [3.63, 3.8) is 0 Å². The minimum absolute atomic E-state index is 0.358. The summed E-state index contributed by atoms with van der Waals surface area (Å²) < 4.78 is 0. The Hall–Kier alpha value is -1.43. The number of nitrogens with zero attached hydrogens (tertiary/aromatic N) is 1. The second-order valence-corrected chi connectivity index (χ2v) is 6.50. The van der Waals surface area contributed by atoms with E-state index in [2.05, 4.69) is 4.90 Å². The van der Waals surface area contributed by atoms with Crippen molar-refractivity contribution in [1.29, 1.82) is 0 Å². The molecule has 0 saturated heterocycles. The molecule has 1 fully saturated rings. The lowest BCUT2D eigenvalue weighted by Gasteiger charge is -2.46. The predicted molar refractivity (Wildman–Crippen MR) is 80.7 cm³/mol. The van der Waals surface area contributed by atoms with Crippen molar-refractivity contribution in [2.75, 3.05) is 19.6 Å². The molecular weight excluding hydrogens is 266 g/mol. The summed E-state index contributed by atoms with van der Waals surface area (Å²) in [5.74, 6) is 0.109. The van der Waals surface area contributed by atoms with Crippen molar-refractivity contribution in [3.05, 3.63) is 34.9 Å². The maximum absolute atomic E-state index is 11.5. The Kier molecular flexibility index (Phi) is 3.73. The van der Waals surface area contributed by atoms with Gasteiger partial charge in [0, 0.05) is 25.2 Å². The quantitative estimate of drug-likeness (QED) is 0.740. The topological polar surface area (TPSA) is 92.6 Å². The number of β-amino-alcohol motifs (C(OH)–C–C–N with tert-alkyl or cyclic N) is 1. The van der Waals surface area contributed by atoms with Gasteiger partial charge in [-0.3, -0.25) is 9.69 Å². The third kappa shape index (κ3) is 2.81. The van der Waals surface area contributed by atoms with Crippen LogP contribution in [0.15, 0.2) is 18.2 Å². The average Bonchev–Trinajstić information content (AvgIpc) is 2.43. The molecule has 21 heavy (non-hydrogen) atoms. The molecule has 1 aromatic rings. The van der Waals surface area contributed by atoms with E-state index in [1.54, 1.807) is 6.07 Å². The van der Waals surface area contributed by atoms with Gasteiger partial charge in [0.15, 0.2) is 0 Å². The summed E-state index contributed by atoms with van der Waals surface area (Å²) in [5, 5.41) is 10.5. The lowest BCUT2D eigenvalue weighted by molar-refractivity contribution is -0.0926. The van der Waals surface area contributed by atoms with Gasteiger partial charge in [0.1, 0.15) is 0 Å². The standard InChI is InChI=1S/C16H23N3O2/c17-8-11-6-16(21,7-11)10-19-5-4-13-12(9-19)2-1-3-14(13)15(18)20/h1-3,11,21H,4-10,17H2,(H2,18,20). The number of carbonyl (C=O) groups excluding carboxylic acids is 1. The molecule has 5 nitrogen and oxygen atoms in total. The third-order valence-corrected chi connectivity index (χ3v) is 4.80. The van der Waals surface area contributed by atoms with Crippen molar-refractivity contribution < 1.29 is 9.90 Å². The summed E-state index contributed by atoms with van der Waals surface area (Å²) >= 11 is 0. The molecule has 0 radical (unpaired) electrons. The van der Waals surface area contributed by atoms with E-state index in [1.807, 2.05) is 12.1 Å². The Morgan fingerprint density at radius 3 is 2.86 bits per heavy atom. The predicted octanol–water partition coefficient (Wildman–Crippen LogP) is 0.243. The summed E-state index contributed by atoms with van der Waals surface area (Å²) in [6.07, 6.45) is 2.41. The minimum atomic E-state index is -0.581. The van der Waals surface area contributed by atoms with Crippen molar-refractivity contribution in [2.45, 2.75) is 31.4 Å². The van der Waals surface area contributed by atoms with Gasteiger partial charge in [-0.15, -0.1) is 0 Å². The van der Waals surface area contributed by atoms with Crippen LogP contribution in [0.5, 0.6) is 0 Å². The van der Waals surface area contributed by atoms with Crippen LogP contribution in [0, 0.1) is 5.92 Å². The zero-order chi connectivity index (χ0) is 15.0. The van der Waals surface area contributed by atoms with Gasteiger partial charge < -0.3 is 16.6 Å². The second-order valence-electron chi connectivity index (χ2n) is 6.50. The molecule has 2 aliphatic rings. The lowest BCUT2D eigenvalue weighted by Crippen LogP contribution is -2.54. The van der Waals surface area contributed by atoms with E-state index in [-0.39, 0.29) is 5.91 Å². The Balaban J connectivity index is 1.68. The van der Waals surface area contributed by atoms with E-state index >= 15 is 0 Å². The molecule has 5 N–H and O–H groups in total. The van der Waals surface area contributed by atoms with Gasteiger partial charge in [-0.1, -0.05) is 12.1 Å². The van der Waals surface area contributed by atoms with Crippen LogP contribution in [-0.4, -0.2) is 41.1 Å². The molecule has 1 heterocycles. The zero-order valence-electron chi connectivity index (χ0n) is 12.2. The van der Waals surface area contributed by atoms with Crippen molar-refractivity contribution in [2.24, 2.45) is 17.4 Å². The fraction of sp³-hybridized carbons (Fsp3) is 0.562. The molecule has 1 amide bonds. The number of hydrogen-bond donors (Lipinski definition) is 3. The summed E-state index contributed by atoms with van der Waals surface area (Å²) in [4.78, 5) is 13.7. The molecule has 1 aliphatic carbocycles. The van der Waals surface area contributed by atoms with Crippen LogP contribution in [0.3, 0.4) is 0 Å². The van der Waals surface area contributed by atoms with Crippen LogP contribution >= 0.6 is 0 Å². The van der Waals surface area contributed by atoms with Crippen molar-refractivity contribution in [1.82, 2.24) is 4.90 Å². The van der Waals surface area contributed by atoms with E-state index in [9.17, 15) is 9.90 Å². The summed E-state index contributed by atoms with van der Waals surface area (Å²) in [6.45, 7) is 2.97. The van der Waals surface area contributed by atoms with Crippen molar-refractivity contribution >= 4 is 5.91 Å². The number of hydrogen-bond acceptors (Lipinski definition) is 4. The highest BCUT2D eigenvalue weighted by molar-refractivity contribution is 5.94. The molecule has 1 aromatic carbocycles. The molecule has 0 aromatic heterocycles. The molecule has 0 unspecified atom stereocenters. The van der Waals surface area contributed by atoms with Gasteiger partial charge in [0.05, 0.1) is 5.60 Å². The van der Waals surface area contributed by atoms with Crippen LogP contribution in [-0.2, 0) is 13.0 Å². The zero-order valence-corrected chi connectivity index (χ0v) is 12.2. The number of rotatable bonds is 4. The number of benzene rings is 1. The Labute approximate surface area is 124 Å². The van der Waals surface area contributed by atoms with Crippen LogP contribution in [0.25, 0.3) is 0 Å². The first-order valence-electron chi connectivity index (χ1n) is 7.56. The van der Waals surface area contributed by atoms with Gasteiger partial charge in [-0.25, -0.2) is 0 Å². The highest BCUT2D eigenvalue weighted by atomic mass is 16.3. The molecule has 3 rings (SSSR count). The van der Waals surface area contributed by atoms with Crippen molar-refractivity contribution in [3.8, 4) is 0 Å². The van der Waals surface area contributed by atoms with Crippen LogP contribution < -0.4 is 11.5 Å². The van der Waals surface area contributed by atoms with E-state index in [4.69, 9.17) is 11.5 Å². The Morgan fingerprint density at radius 1 is 1.43 bits per heavy atom. The summed E-state index contributed by atoms with van der Waals surface area (Å²) in [5.41, 5.74) is 13.3. The second kappa shape index (κ2) is 5.40. The van der Waals surface area contributed by atoms with Gasteiger partial charge in [0.2, 0.25) is 5.91 Å². The van der Waals surface area contributed by atoms with Gasteiger partial charge in [-0.05, 0) is 48.9 Å². The highest BCUT2D eigenvalue weighted by Crippen LogP contribution is 2.38. The van der Waals surface area contributed by atoms with Crippen LogP contribution in [0.2, 0.25) is 0 Å². The smallest absolute Gasteiger partial charge is 0.248 e. The largest absolute Gasteiger partial charge is 0.389 e. The molecule has 114 valence electrons. The monoisotopic (exact) mass is 289 g/mol. The van der Waals surface area contributed by atoms with E-state index < -0.39 is 5.60 Å². The third-order valence-electron chi connectivity index (χ3n) is 4.80. The number of fused-ring (bicyclic) bond motifs is 1. The fourth-order valence-electron chi connectivity index (χ4n) is 3.76. The average molecular weight is 289 g/mol. The summed E-state index contributed by atoms with van der Waals surface area (Å²) in [6, 6.07) is 5.72. The van der Waals surface area contributed by atoms with Gasteiger partial charge in [0.25, 0.3) is 0 Å². The highest BCUT2D eigenvalue weighted by Gasteiger charge is 2.43. The minimum Gasteiger partial charge on any atom is -0.389 e. The van der Waals surface area contributed by atoms with E-state index in [0.29, 0.717) is 24.6 Å². The molecule has 0 atom stereocenters. The van der Waals surface area contributed by atoms with Gasteiger partial charge in [-0.2, -0.15) is 0 Å². The fourth-order valence-corrected chi connectivity index (χ4v) is 3.76. The first kappa shape index (κ1) is 14.5. The summed E-state index contributed by atoms with van der Waals surface area (Å²) in [7, 11) is 0. The van der Waals surface area contributed by atoms with E-state index in [0.717, 1.165) is 43.5 Å². The Morgan fingerprint density at radius 2 is 2.19 bits per heavy atom. The molecule has 1 aliphatic heterocycles. The SMILES string of the molecule is NCC1CC(O)(CN2CCc3c(cccc3C(N)=O)C2)C1. The molecule has 5 heteroatoms. The first-order chi connectivity index (χ1) is 10.0.